The molecule has 0 aliphatic heterocycles. The monoisotopic (exact) mass is 572 g/mol. The average molecular weight is 573 g/mol. The van der Waals surface area contributed by atoms with Gasteiger partial charge < -0.3 is 10.2 Å². The molecule has 0 unspecified atom stereocenters. The summed E-state index contributed by atoms with van der Waals surface area (Å²) in [5.74, 6) is 4.55. The second-order valence-electron chi connectivity index (χ2n) is 17.4. The summed E-state index contributed by atoms with van der Waals surface area (Å²) in [7, 11) is 0. The summed E-state index contributed by atoms with van der Waals surface area (Å²) < 4.78 is 0. The van der Waals surface area contributed by atoms with Gasteiger partial charge in [-0.25, -0.2) is 0 Å². The summed E-state index contributed by atoms with van der Waals surface area (Å²) in [6, 6.07) is 0. The zero-order valence-electron chi connectivity index (χ0n) is 26.9. The highest BCUT2D eigenvalue weighted by molar-refractivity contribution is 5.95. The first-order valence-corrected chi connectivity index (χ1v) is 18.0. The molecule has 8 aliphatic rings. The second kappa shape index (κ2) is 9.62. The molecule has 0 aromatic rings. The Morgan fingerprint density at radius 1 is 0.548 bits per heavy atom. The lowest BCUT2D eigenvalue weighted by atomic mass is 9.48. The number of fused-ring (bicyclic) bond motifs is 10. The molecule has 0 bridgehead atoms. The lowest BCUT2D eigenvalue weighted by molar-refractivity contribution is -0.0212. The van der Waals surface area contributed by atoms with E-state index < -0.39 is 0 Å². The molecule has 0 aromatic heterocycles. The van der Waals surface area contributed by atoms with Gasteiger partial charge in [-0.05, 0) is 149 Å². The molecular weight excluding hydrogens is 516 g/mol. The molecule has 0 aromatic carbocycles. The summed E-state index contributed by atoms with van der Waals surface area (Å²) in [5.41, 5.74) is 7.00. The molecule has 6 fully saturated rings. The van der Waals surface area contributed by atoms with E-state index in [-0.39, 0.29) is 23.0 Å². The highest BCUT2D eigenvalue weighted by atomic mass is 16.3. The summed E-state index contributed by atoms with van der Waals surface area (Å²) >= 11 is 0. The molecule has 4 heteroatoms. The Hall–Kier alpha value is -1.26. The summed E-state index contributed by atoms with van der Waals surface area (Å²) in [6.45, 7) is 10.2. The molecule has 42 heavy (non-hydrogen) atoms. The SMILES string of the molecule is C[C@]12CC[C@H](O)CC1=CC[C@@H]1[C@@H]2CC[C@]2(C)/C(=N/N=C3\CC[C@H]4[C@@H]5CC=C6C[C@@H](O)CC[C@]6(C)[C@H]5CC[C@]34C)CC[C@@H]12. The van der Waals surface area contributed by atoms with Crippen molar-refractivity contribution >= 4 is 11.4 Å². The van der Waals surface area contributed by atoms with Gasteiger partial charge >= 0.3 is 0 Å². The summed E-state index contributed by atoms with van der Waals surface area (Å²) in [6.07, 6.45) is 23.4. The van der Waals surface area contributed by atoms with Crippen LogP contribution in [-0.2, 0) is 0 Å². The standard InChI is InChI=1S/C38H56N2O2/c1-35-17-13-25(41)21-23(35)5-7-27-29-9-11-33(37(29,3)19-15-31(27)35)39-40-34-12-10-30-28-8-6-24-22-26(42)14-18-36(24,2)32(28)16-20-38(30,34)4/h5-6,25-32,41-42H,7-22H2,1-4H3/b39-33+,40-34+/t25-,26-,27-,28-,29-,30-,31-,32-,35-,36-,37-,38-/m0/s1. The highest BCUT2D eigenvalue weighted by Gasteiger charge is 2.59. The number of hydrogen-bond donors (Lipinski definition) is 2. The first-order valence-electron chi connectivity index (χ1n) is 18.0. The van der Waals surface area contributed by atoms with Gasteiger partial charge in [-0.15, -0.1) is 0 Å². The van der Waals surface area contributed by atoms with Gasteiger partial charge in [0.2, 0.25) is 0 Å². The fourth-order valence-electron chi connectivity index (χ4n) is 13.3. The summed E-state index contributed by atoms with van der Waals surface area (Å²) in [4.78, 5) is 0. The van der Waals surface area contributed by atoms with Gasteiger partial charge in [0.1, 0.15) is 0 Å². The molecule has 0 radical (unpaired) electrons. The van der Waals surface area contributed by atoms with Crippen LogP contribution < -0.4 is 0 Å². The lowest BCUT2D eigenvalue weighted by Gasteiger charge is -2.57. The maximum atomic E-state index is 10.4. The largest absolute Gasteiger partial charge is 0.393 e. The third kappa shape index (κ3) is 3.85. The molecule has 2 N–H and O–H groups in total. The van der Waals surface area contributed by atoms with Crippen molar-refractivity contribution in [1.29, 1.82) is 0 Å². The fourth-order valence-corrected chi connectivity index (χ4v) is 13.3. The Morgan fingerprint density at radius 2 is 0.929 bits per heavy atom. The van der Waals surface area contributed by atoms with E-state index in [1.165, 1.54) is 75.6 Å². The van der Waals surface area contributed by atoms with E-state index in [9.17, 15) is 10.2 Å². The van der Waals surface area contributed by atoms with E-state index >= 15 is 0 Å². The van der Waals surface area contributed by atoms with Crippen LogP contribution in [0.5, 0.6) is 0 Å². The van der Waals surface area contributed by atoms with Gasteiger partial charge in [0, 0.05) is 22.3 Å². The highest BCUT2D eigenvalue weighted by Crippen LogP contribution is 2.66. The Balaban J connectivity index is 1.03. The van der Waals surface area contributed by atoms with Crippen molar-refractivity contribution in [3.8, 4) is 0 Å². The van der Waals surface area contributed by atoms with Crippen LogP contribution in [0.25, 0.3) is 0 Å². The van der Waals surface area contributed by atoms with Gasteiger partial charge in [0.05, 0.1) is 12.2 Å². The van der Waals surface area contributed by atoms with Crippen molar-refractivity contribution in [1.82, 2.24) is 0 Å². The molecule has 8 rings (SSSR count). The maximum absolute atomic E-state index is 10.4. The van der Waals surface area contributed by atoms with Crippen molar-refractivity contribution in [3.63, 3.8) is 0 Å². The molecule has 6 saturated carbocycles. The van der Waals surface area contributed by atoms with Crippen LogP contribution in [0.2, 0.25) is 0 Å². The number of aliphatic hydroxyl groups is 2. The molecule has 4 nitrogen and oxygen atoms in total. The minimum Gasteiger partial charge on any atom is -0.393 e. The first kappa shape index (κ1) is 28.2. The zero-order chi connectivity index (χ0) is 29.1. The van der Waals surface area contributed by atoms with Gasteiger partial charge in [-0.1, -0.05) is 51.0 Å². The molecule has 230 valence electrons. The van der Waals surface area contributed by atoms with Crippen molar-refractivity contribution in [3.05, 3.63) is 23.3 Å². The van der Waals surface area contributed by atoms with E-state index in [1.54, 1.807) is 11.1 Å². The first-order chi connectivity index (χ1) is 20.1. The minimum absolute atomic E-state index is 0.123. The van der Waals surface area contributed by atoms with E-state index in [2.05, 4.69) is 39.8 Å². The molecule has 0 spiro atoms. The third-order valence-electron chi connectivity index (χ3n) is 15.9. The van der Waals surface area contributed by atoms with Crippen molar-refractivity contribution in [2.45, 2.75) is 143 Å². The maximum Gasteiger partial charge on any atom is 0.0577 e. The van der Waals surface area contributed by atoms with Gasteiger partial charge in [0.15, 0.2) is 0 Å². The van der Waals surface area contributed by atoms with E-state index in [0.29, 0.717) is 10.8 Å². The van der Waals surface area contributed by atoms with E-state index in [4.69, 9.17) is 10.2 Å². The normalized spacial score (nSPS) is 55.1. The van der Waals surface area contributed by atoms with Crippen molar-refractivity contribution in [2.24, 2.45) is 67.4 Å². The van der Waals surface area contributed by atoms with E-state index in [1.807, 2.05) is 0 Å². The van der Waals surface area contributed by atoms with Crippen LogP contribution in [0, 0.1) is 57.2 Å². The number of nitrogens with zero attached hydrogens (tertiary/aromatic N) is 2. The van der Waals surface area contributed by atoms with Gasteiger partial charge in [-0.3, -0.25) is 0 Å². The van der Waals surface area contributed by atoms with Crippen LogP contribution in [0.15, 0.2) is 33.5 Å². The predicted octanol–water partition coefficient (Wildman–Crippen LogP) is 8.43. The van der Waals surface area contributed by atoms with Gasteiger partial charge in [0.25, 0.3) is 0 Å². The summed E-state index contributed by atoms with van der Waals surface area (Å²) in [5, 5.41) is 31.2. The molecular formula is C38H56N2O2. The number of allylic oxidation sites excluding steroid dienone is 2. The number of hydrogen-bond acceptors (Lipinski definition) is 4. The predicted molar refractivity (Wildman–Crippen MR) is 170 cm³/mol. The molecule has 12 atom stereocenters. The zero-order valence-corrected chi connectivity index (χ0v) is 26.9. The van der Waals surface area contributed by atoms with Crippen molar-refractivity contribution < 1.29 is 10.2 Å². The third-order valence-corrected chi connectivity index (χ3v) is 15.9. The van der Waals surface area contributed by atoms with Crippen LogP contribution in [0.4, 0.5) is 0 Å². The topological polar surface area (TPSA) is 65.2 Å². The number of rotatable bonds is 1. The second-order valence-corrected chi connectivity index (χ2v) is 17.4. The van der Waals surface area contributed by atoms with Gasteiger partial charge in [-0.2, -0.15) is 10.2 Å². The van der Waals surface area contributed by atoms with Crippen LogP contribution in [-0.4, -0.2) is 33.8 Å². The Kier molecular flexibility index (Phi) is 6.47. The van der Waals surface area contributed by atoms with E-state index in [0.717, 1.165) is 74.0 Å². The van der Waals surface area contributed by atoms with Crippen molar-refractivity contribution in [2.75, 3.05) is 0 Å². The molecule has 0 saturated heterocycles. The average Bonchev–Trinajstić information content (AvgIpc) is 3.48. The molecule has 0 heterocycles. The Labute approximate surface area is 254 Å². The number of aliphatic hydroxyl groups excluding tert-OH is 2. The van der Waals surface area contributed by atoms with Crippen LogP contribution in [0.3, 0.4) is 0 Å². The molecule has 0 amide bonds. The van der Waals surface area contributed by atoms with Crippen LogP contribution >= 0.6 is 0 Å². The van der Waals surface area contributed by atoms with Crippen LogP contribution in [0.1, 0.15) is 130 Å². The Bertz CT molecular complexity index is 1170. The lowest BCUT2D eigenvalue weighted by Crippen LogP contribution is -2.50. The quantitative estimate of drug-likeness (QED) is 0.245. The smallest absolute Gasteiger partial charge is 0.0577 e. The Morgan fingerprint density at radius 3 is 1.36 bits per heavy atom. The fraction of sp³-hybridized carbons (Fsp3) is 0.842. The minimum atomic E-state index is -0.123. The molecule has 8 aliphatic carbocycles.